The largest absolute Gasteiger partial charge is 0.508 e. The highest BCUT2D eigenvalue weighted by Crippen LogP contribution is 2.30. The van der Waals surface area contributed by atoms with Gasteiger partial charge in [0.05, 0.1) is 15.2 Å². The number of hydrogen-bond donors (Lipinski definition) is 1. The highest BCUT2D eigenvalue weighted by molar-refractivity contribution is 7.18. The van der Waals surface area contributed by atoms with Crippen molar-refractivity contribution in [2.24, 2.45) is 0 Å². The maximum atomic E-state index is 13.3. The second-order valence-corrected chi connectivity index (χ2v) is 6.26. The minimum absolute atomic E-state index is 0.0643. The maximum Gasteiger partial charge on any atom is 0.127 e. The lowest BCUT2D eigenvalue weighted by Gasteiger charge is -2.03. The Morgan fingerprint density at radius 3 is 2.45 bits per heavy atom. The van der Waals surface area contributed by atoms with Gasteiger partial charge < -0.3 is 9.90 Å². The fraction of sp³-hybridized carbons (Fsp3) is 0.176. The first-order chi connectivity index (χ1) is 10.3. The van der Waals surface area contributed by atoms with E-state index in [1.54, 1.807) is 17.4 Å². The lowest BCUT2D eigenvalue weighted by atomic mass is 10.1. The van der Waals surface area contributed by atoms with Gasteiger partial charge in [-0.15, -0.1) is 11.3 Å². The number of hydrogen-bond acceptors (Lipinski definition) is 4. The van der Waals surface area contributed by atoms with Gasteiger partial charge >= 0.3 is 0 Å². The summed E-state index contributed by atoms with van der Waals surface area (Å²) in [6.45, 7) is 5.01. The van der Waals surface area contributed by atoms with Crippen LogP contribution in [-0.2, 0) is 4.79 Å². The number of phenolic OH excluding ortho intramolecular Hbond substituents is 1. The van der Waals surface area contributed by atoms with Crippen LogP contribution in [0.15, 0.2) is 36.4 Å². The number of rotatable bonds is 1. The topological polar surface area (TPSA) is 50.2 Å². The van der Waals surface area contributed by atoms with Crippen molar-refractivity contribution in [1.29, 1.82) is 0 Å². The van der Waals surface area contributed by atoms with Crippen LogP contribution in [0.25, 0.3) is 21.3 Å². The third-order valence-electron chi connectivity index (χ3n) is 2.71. The molecule has 0 fully saturated rings. The van der Waals surface area contributed by atoms with Gasteiger partial charge in [0.15, 0.2) is 0 Å². The van der Waals surface area contributed by atoms with E-state index in [0.29, 0.717) is 5.56 Å². The lowest BCUT2D eigenvalue weighted by Crippen LogP contribution is -1.81. The molecule has 1 heterocycles. The molecule has 3 aromatic rings. The molecule has 0 spiro atoms. The molecule has 1 N–H and O–H groups in total. The van der Waals surface area contributed by atoms with Crippen LogP contribution in [0.1, 0.15) is 18.9 Å². The summed E-state index contributed by atoms with van der Waals surface area (Å²) in [6.07, 6.45) is 0. The first-order valence-electron chi connectivity index (χ1n) is 6.69. The van der Waals surface area contributed by atoms with Gasteiger partial charge in [0.25, 0.3) is 0 Å². The zero-order valence-corrected chi connectivity index (χ0v) is 13.4. The van der Waals surface area contributed by atoms with Gasteiger partial charge in [-0.05, 0) is 56.2 Å². The molecule has 0 saturated carbocycles. The van der Waals surface area contributed by atoms with Crippen molar-refractivity contribution in [2.75, 3.05) is 0 Å². The summed E-state index contributed by atoms with van der Waals surface area (Å²) in [7, 11) is 0. The van der Waals surface area contributed by atoms with Crippen molar-refractivity contribution >= 4 is 27.3 Å². The zero-order chi connectivity index (χ0) is 16.3. The number of aryl methyl sites for hydroxylation is 1. The molecule has 3 rings (SSSR count). The number of aromatic hydroxyl groups is 1. The monoisotopic (exact) mass is 317 g/mol. The Morgan fingerprint density at radius 2 is 1.82 bits per heavy atom. The van der Waals surface area contributed by atoms with Crippen molar-refractivity contribution in [1.82, 2.24) is 4.98 Å². The summed E-state index contributed by atoms with van der Waals surface area (Å²) in [5.41, 5.74) is 2.49. The van der Waals surface area contributed by atoms with E-state index in [9.17, 15) is 14.3 Å². The normalized spacial score (nSPS) is 10.2. The van der Waals surface area contributed by atoms with Crippen LogP contribution >= 0.6 is 11.3 Å². The Bertz CT molecular complexity index is 802. The summed E-state index contributed by atoms with van der Waals surface area (Å²) < 4.78 is 14.3. The quantitative estimate of drug-likeness (QED) is 0.707. The molecule has 0 unspecified atom stereocenters. The number of phenols is 1. The molecule has 0 aliphatic carbocycles. The van der Waals surface area contributed by atoms with E-state index >= 15 is 0 Å². The van der Waals surface area contributed by atoms with Gasteiger partial charge in [-0.3, -0.25) is 0 Å². The van der Waals surface area contributed by atoms with E-state index in [-0.39, 0.29) is 11.5 Å². The summed E-state index contributed by atoms with van der Waals surface area (Å²) in [5, 5.41) is 10.4. The number of aromatic nitrogens is 1. The molecule has 1 aromatic heterocycles. The van der Waals surface area contributed by atoms with Crippen LogP contribution in [0.3, 0.4) is 0 Å². The number of ketones is 1. The first-order valence-corrected chi connectivity index (χ1v) is 7.51. The molecule has 3 nitrogen and oxygen atoms in total. The van der Waals surface area contributed by atoms with Crippen LogP contribution in [0.5, 0.6) is 5.75 Å². The third kappa shape index (κ3) is 4.11. The molecule has 22 heavy (non-hydrogen) atoms. The maximum absolute atomic E-state index is 13.3. The summed E-state index contributed by atoms with van der Waals surface area (Å²) in [6, 6.07) is 9.83. The van der Waals surface area contributed by atoms with Crippen LogP contribution in [0.2, 0.25) is 0 Å². The Morgan fingerprint density at radius 1 is 1.14 bits per heavy atom. The van der Waals surface area contributed by atoms with Gasteiger partial charge in [0, 0.05) is 6.07 Å². The standard InChI is InChI=1S/C14H10FNOS.C3H6O/c1-8-16-13-3-2-9(6-14(13)18-8)10-4-11(15)7-12(17)5-10;1-3(2)4/h2-7,17H,1H3;1-2H3. The molecule has 0 amide bonds. The van der Waals surface area contributed by atoms with Gasteiger partial charge in [-0.2, -0.15) is 0 Å². The zero-order valence-electron chi connectivity index (χ0n) is 12.6. The number of nitrogens with zero attached hydrogens (tertiary/aromatic N) is 1. The Labute approximate surface area is 132 Å². The number of benzene rings is 2. The van der Waals surface area contributed by atoms with Gasteiger partial charge in [-0.25, -0.2) is 9.37 Å². The molecule has 0 radical (unpaired) electrons. The van der Waals surface area contributed by atoms with E-state index in [1.165, 1.54) is 19.9 Å². The van der Waals surface area contributed by atoms with Crippen molar-refractivity contribution < 1.29 is 14.3 Å². The third-order valence-corrected chi connectivity index (χ3v) is 3.64. The number of thiazole rings is 1. The molecule has 0 bridgehead atoms. The molecular weight excluding hydrogens is 301 g/mol. The summed E-state index contributed by atoms with van der Waals surface area (Å²) in [5.74, 6) is -0.337. The average molecular weight is 317 g/mol. The molecule has 114 valence electrons. The Balaban J connectivity index is 0.000000396. The van der Waals surface area contributed by atoms with Crippen LogP contribution < -0.4 is 0 Å². The molecule has 0 atom stereocenters. The molecule has 0 aliphatic rings. The number of carbonyl (C=O) groups excluding carboxylic acids is 1. The van der Waals surface area contributed by atoms with E-state index < -0.39 is 5.82 Å². The van der Waals surface area contributed by atoms with Crippen molar-refractivity contribution in [2.45, 2.75) is 20.8 Å². The van der Waals surface area contributed by atoms with Gasteiger partial charge in [0.2, 0.25) is 0 Å². The van der Waals surface area contributed by atoms with E-state index in [2.05, 4.69) is 4.98 Å². The van der Waals surface area contributed by atoms with Gasteiger partial charge in [0.1, 0.15) is 17.3 Å². The first kappa shape index (κ1) is 16.1. The summed E-state index contributed by atoms with van der Waals surface area (Å²) >= 11 is 1.60. The van der Waals surface area contributed by atoms with E-state index in [0.717, 1.165) is 26.9 Å². The average Bonchev–Trinajstić information content (AvgIpc) is 2.75. The van der Waals surface area contributed by atoms with Crippen LogP contribution in [-0.4, -0.2) is 15.9 Å². The highest BCUT2D eigenvalue weighted by atomic mass is 32.1. The molecule has 2 aromatic carbocycles. The Kier molecular flexibility index (Phi) is 4.88. The molecule has 5 heteroatoms. The highest BCUT2D eigenvalue weighted by Gasteiger charge is 2.06. The number of halogens is 1. The number of carbonyl (C=O) groups is 1. The SMILES string of the molecule is CC(C)=O.Cc1nc2ccc(-c3cc(O)cc(F)c3)cc2s1. The van der Waals surface area contributed by atoms with Crippen molar-refractivity contribution in [3.63, 3.8) is 0 Å². The minimum Gasteiger partial charge on any atom is -0.508 e. The van der Waals surface area contributed by atoms with Gasteiger partial charge in [-0.1, -0.05) is 6.07 Å². The molecule has 0 aliphatic heterocycles. The molecule has 0 saturated heterocycles. The van der Waals surface area contributed by atoms with E-state index in [4.69, 9.17) is 0 Å². The number of fused-ring (bicyclic) bond motifs is 1. The smallest absolute Gasteiger partial charge is 0.127 e. The Hall–Kier alpha value is -2.27. The summed E-state index contributed by atoms with van der Waals surface area (Å²) in [4.78, 5) is 13.8. The van der Waals surface area contributed by atoms with Crippen molar-refractivity contribution in [3.05, 3.63) is 47.2 Å². The van der Waals surface area contributed by atoms with E-state index in [1.807, 2.05) is 25.1 Å². The van der Waals surface area contributed by atoms with Crippen LogP contribution in [0.4, 0.5) is 4.39 Å². The minimum atomic E-state index is -0.439. The fourth-order valence-electron chi connectivity index (χ4n) is 1.96. The second-order valence-electron chi connectivity index (χ2n) is 5.02. The predicted molar refractivity (Wildman–Crippen MR) is 87.8 cm³/mol. The van der Waals surface area contributed by atoms with Crippen molar-refractivity contribution in [3.8, 4) is 16.9 Å². The lowest BCUT2D eigenvalue weighted by molar-refractivity contribution is -0.114. The second kappa shape index (κ2) is 6.66. The fourth-order valence-corrected chi connectivity index (χ4v) is 2.83. The van der Waals surface area contributed by atoms with Crippen LogP contribution in [0, 0.1) is 12.7 Å². The number of Topliss-reactive ketones (excluding diaryl/α,β-unsaturated/α-hetero) is 1. The predicted octanol–water partition coefficient (Wildman–Crippen LogP) is 4.71. The molecular formula is C17H16FNO2S.